The van der Waals surface area contributed by atoms with Crippen LogP contribution in [0.1, 0.15) is 16.8 Å². The van der Waals surface area contributed by atoms with E-state index < -0.39 is 6.04 Å². The fourth-order valence-corrected chi connectivity index (χ4v) is 2.76. The zero-order valence-corrected chi connectivity index (χ0v) is 12.5. The Morgan fingerprint density at radius 3 is 2.87 bits per heavy atom. The first-order chi connectivity index (χ1) is 11.0. The van der Waals surface area contributed by atoms with Crippen molar-refractivity contribution in [3.63, 3.8) is 0 Å². The third kappa shape index (κ3) is 3.24. The summed E-state index contributed by atoms with van der Waals surface area (Å²) in [5, 5.41) is 9.28. The van der Waals surface area contributed by atoms with Crippen LogP contribution in [-0.4, -0.2) is 38.5 Å². The molecule has 7 nitrogen and oxygen atoms in total. The molecule has 0 fully saturated rings. The fourth-order valence-electron chi connectivity index (χ4n) is 2.76. The van der Waals surface area contributed by atoms with Crippen LogP contribution >= 0.6 is 0 Å². The minimum atomic E-state index is -0.664. The number of aromatic hydroxyl groups is 1. The van der Waals surface area contributed by atoms with Crippen molar-refractivity contribution in [1.82, 2.24) is 14.9 Å². The van der Waals surface area contributed by atoms with E-state index >= 15 is 0 Å². The van der Waals surface area contributed by atoms with Crippen LogP contribution in [0.5, 0.6) is 5.75 Å². The highest BCUT2D eigenvalue weighted by atomic mass is 16.3. The molecule has 4 N–H and O–H groups in total. The normalized spacial score (nSPS) is 15.1. The Hall–Kier alpha value is -2.67. The molecule has 7 heteroatoms. The van der Waals surface area contributed by atoms with Crippen LogP contribution < -0.4 is 11.3 Å². The number of amides is 1. The molecule has 120 valence electrons. The topological polar surface area (TPSA) is 112 Å². The summed E-state index contributed by atoms with van der Waals surface area (Å²) < 4.78 is 0. The quantitative estimate of drug-likeness (QED) is 0.734. The summed E-state index contributed by atoms with van der Waals surface area (Å²) in [7, 11) is 0. The standard InChI is InChI=1S/C16H18N4O3/c17-13(7-10-1-3-11(21)4-2-10)16(23)20-6-5-12-14(8-20)18-9-19-15(12)22/h1-4,9,13,21H,5-8,17H2,(H,18,19,22)/t13-/m0/s1. The zero-order chi connectivity index (χ0) is 16.4. The number of phenolic OH excluding ortho intramolecular Hbond substituents is 1. The van der Waals surface area contributed by atoms with E-state index in [0.717, 1.165) is 5.56 Å². The maximum absolute atomic E-state index is 12.5. The number of benzene rings is 1. The van der Waals surface area contributed by atoms with Gasteiger partial charge in [-0.15, -0.1) is 0 Å². The molecule has 1 amide bonds. The molecule has 0 spiro atoms. The van der Waals surface area contributed by atoms with Gasteiger partial charge in [0.15, 0.2) is 0 Å². The molecule has 1 aliphatic heterocycles. The number of H-pyrrole nitrogens is 1. The highest BCUT2D eigenvalue weighted by Crippen LogP contribution is 2.15. The number of aromatic amines is 1. The summed E-state index contributed by atoms with van der Waals surface area (Å²) in [6.45, 7) is 0.769. The minimum Gasteiger partial charge on any atom is -0.508 e. The van der Waals surface area contributed by atoms with Crippen LogP contribution in [0.25, 0.3) is 0 Å². The van der Waals surface area contributed by atoms with Gasteiger partial charge in [0.2, 0.25) is 5.91 Å². The summed E-state index contributed by atoms with van der Waals surface area (Å²) in [6.07, 6.45) is 2.23. The maximum Gasteiger partial charge on any atom is 0.254 e. The largest absolute Gasteiger partial charge is 0.508 e. The molecule has 2 aromatic rings. The monoisotopic (exact) mass is 314 g/mol. The van der Waals surface area contributed by atoms with Crippen LogP contribution in [0, 0.1) is 0 Å². The first kappa shape index (κ1) is 15.2. The number of fused-ring (bicyclic) bond motifs is 1. The van der Waals surface area contributed by atoms with E-state index in [4.69, 9.17) is 5.73 Å². The van der Waals surface area contributed by atoms with Crippen molar-refractivity contribution < 1.29 is 9.90 Å². The molecule has 23 heavy (non-hydrogen) atoms. The molecule has 0 saturated carbocycles. The van der Waals surface area contributed by atoms with Gasteiger partial charge >= 0.3 is 0 Å². The maximum atomic E-state index is 12.5. The molecule has 0 bridgehead atoms. The molecule has 0 saturated heterocycles. The molecule has 0 radical (unpaired) electrons. The number of nitrogens with one attached hydrogen (secondary N) is 1. The van der Waals surface area contributed by atoms with Gasteiger partial charge in [-0.2, -0.15) is 0 Å². The molecule has 0 unspecified atom stereocenters. The molecule has 1 aromatic heterocycles. The highest BCUT2D eigenvalue weighted by Gasteiger charge is 2.27. The molecular formula is C16H18N4O3. The smallest absolute Gasteiger partial charge is 0.254 e. The van der Waals surface area contributed by atoms with Gasteiger partial charge in [-0.05, 0) is 30.5 Å². The third-order valence-electron chi connectivity index (χ3n) is 4.03. The summed E-state index contributed by atoms with van der Waals surface area (Å²) in [5.41, 5.74) is 8.04. The lowest BCUT2D eigenvalue weighted by molar-refractivity contribution is -0.133. The predicted molar refractivity (Wildman–Crippen MR) is 83.8 cm³/mol. The number of phenols is 1. The Bertz CT molecular complexity index is 770. The van der Waals surface area contributed by atoms with Crippen molar-refractivity contribution >= 4 is 5.91 Å². The van der Waals surface area contributed by atoms with E-state index in [1.165, 1.54) is 6.33 Å². The van der Waals surface area contributed by atoms with Crippen LogP contribution in [0.3, 0.4) is 0 Å². The Morgan fingerprint density at radius 1 is 1.39 bits per heavy atom. The Kier molecular flexibility index (Phi) is 4.12. The third-order valence-corrected chi connectivity index (χ3v) is 4.03. The molecule has 1 aromatic carbocycles. The van der Waals surface area contributed by atoms with Crippen molar-refractivity contribution in [2.24, 2.45) is 5.73 Å². The van der Waals surface area contributed by atoms with Crippen molar-refractivity contribution in [2.45, 2.75) is 25.4 Å². The summed E-state index contributed by atoms with van der Waals surface area (Å²) >= 11 is 0. The first-order valence-electron chi connectivity index (χ1n) is 7.42. The number of carbonyl (C=O) groups excluding carboxylic acids is 1. The Balaban J connectivity index is 1.68. The number of rotatable bonds is 3. The molecular weight excluding hydrogens is 296 g/mol. The van der Waals surface area contributed by atoms with Crippen molar-refractivity contribution in [3.8, 4) is 5.75 Å². The van der Waals surface area contributed by atoms with Gasteiger partial charge in [0.25, 0.3) is 5.56 Å². The second kappa shape index (κ2) is 6.21. The highest BCUT2D eigenvalue weighted by molar-refractivity contribution is 5.82. The number of hydrogen-bond donors (Lipinski definition) is 3. The fraction of sp³-hybridized carbons (Fsp3) is 0.312. The van der Waals surface area contributed by atoms with E-state index in [1.54, 1.807) is 29.2 Å². The van der Waals surface area contributed by atoms with Crippen molar-refractivity contribution in [2.75, 3.05) is 6.54 Å². The van der Waals surface area contributed by atoms with Crippen molar-refractivity contribution in [1.29, 1.82) is 0 Å². The van der Waals surface area contributed by atoms with Crippen LogP contribution in [0.4, 0.5) is 0 Å². The SMILES string of the molecule is N[C@@H](Cc1ccc(O)cc1)C(=O)N1CCc2c(nc[nH]c2=O)C1. The van der Waals surface area contributed by atoms with Gasteiger partial charge < -0.3 is 20.7 Å². The Morgan fingerprint density at radius 2 is 2.13 bits per heavy atom. The van der Waals surface area contributed by atoms with E-state index in [-0.39, 0.29) is 17.2 Å². The van der Waals surface area contributed by atoms with Gasteiger partial charge in [0.1, 0.15) is 5.75 Å². The van der Waals surface area contributed by atoms with Crippen LogP contribution in [0.15, 0.2) is 35.4 Å². The second-order valence-electron chi connectivity index (χ2n) is 5.64. The lowest BCUT2D eigenvalue weighted by Gasteiger charge is -2.29. The lowest BCUT2D eigenvalue weighted by Crippen LogP contribution is -2.47. The summed E-state index contributed by atoms with van der Waals surface area (Å²) in [5.74, 6) is 0.0170. The first-order valence-corrected chi connectivity index (χ1v) is 7.42. The number of nitrogens with zero attached hydrogens (tertiary/aromatic N) is 2. The van der Waals surface area contributed by atoms with Gasteiger partial charge in [-0.3, -0.25) is 9.59 Å². The molecule has 1 atom stereocenters. The van der Waals surface area contributed by atoms with E-state index in [0.29, 0.717) is 37.2 Å². The average molecular weight is 314 g/mol. The minimum absolute atomic E-state index is 0.143. The van der Waals surface area contributed by atoms with E-state index in [9.17, 15) is 14.7 Å². The molecule has 3 rings (SSSR count). The van der Waals surface area contributed by atoms with Gasteiger partial charge in [-0.25, -0.2) is 4.98 Å². The van der Waals surface area contributed by atoms with E-state index in [2.05, 4.69) is 9.97 Å². The molecule has 1 aliphatic rings. The zero-order valence-electron chi connectivity index (χ0n) is 12.5. The van der Waals surface area contributed by atoms with Gasteiger partial charge in [0, 0.05) is 12.1 Å². The average Bonchev–Trinajstić information content (AvgIpc) is 2.56. The van der Waals surface area contributed by atoms with Gasteiger partial charge in [-0.1, -0.05) is 12.1 Å². The van der Waals surface area contributed by atoms with Crippen molar-refractivity contribution in [3.05, 3.63) is 57.8 Å². The second-order valence-corrected chi connectivity index (χ2v) is 5.64. The Labute approximate surface area is 132 Å². The van der Waals surface area contributed by atoms with Gasteiger partial charge in [0.05, 0.1) is 24.6 Å². The number of aromatic nitrogens is 2. The molecule has 0 aliphatic carbocycles. The van der Waals surface area contributed by atoms with Crippen LogP contribution in [-0.2, 0) is 24.2 Å². The predicted octanol–water partition coefficient (Wildman–Crippen LogP) is -0.0698. The summed E-state index contributed by atoms with van der Waals surface area (Å²) in [6, 6.07) is 5.97. The number of hydrogen-bond acceptors (Lipinski definition) is 5. The van der Waals surface area contributed by atoms with E-state index in [1.807, 2.05) is 0 Å². The lowest BCUT2D eigenvalue weighted by atomic mass is 10.0. The molecule has 2 heterocycles. The number of carbonyl (C=O) groups is 1. The van der Waals surface area contributed by atoms with Crippen LogP contribution in [0.2, 0.25) is 0 Å². The summed E-state index contributed by atoms with van der Waals surface area (Å²) in [4.78, 5) is 32.5. The number of nitrogens with two attached hydrogens (primary N) is 1.